The van der Waals surface area contributed by atoms with Gasteiger partial charge >= 0.3 is 5.97 Å². The summed E-state index contributed by atoms with van der Waals surface area (Å²) in [6.07, 6.45) is 7.04. The van der Waals surface area contributed by atoms with E-state index in [-0.39, 0.29) is 24.0 Å². The summed E-state index contributed by atoms with van der Waals surface area (Å²) in [6, 6.07) is 14.5. The van der Waals surface area contributed by atoms with Gasteiger partial charge in [0.1, 0.15) is 6.10 Å². The summed E-state index contributed by atoms with van der Waals surface area (Å²) in [6.45, 7) is 3.83. The fraction of sp³-hybridized carbons (Fsp3) is 0.357. The third kappa shape index (κ3) is 4.68. The van der Waals surface area contributed by atoms with E-state index in [9.17, 15) is 4.79 Å². The van der Waals surface area contributed by atoms with Gasteiger partial charge in [-0.1, -0.05) is 12.1 Å². The van der Waals surface area contributed by atoms with Crippen molar-refractivity contribution in [2.45, 2.75) is 44.8 Å². The van der Waals surface area contributed by atoms with Gasteiger partial charge in [-0.25, -0.2) is 4.98 Å². The first-order valence-corrected chi connectivity index (χ1v) is 12.7. The maximum absolute atomic E-state index is 12.5. The van der Waals surface area contributed by atoms with Gasteiger partial charge < -0.3 is 20.4 Å². The average molecular weight is 483 g/mol. The number of benzene rings is 1. The van der Waals surface area contributed by atoms with Crippen molar-refractivity contribution in [3.05, 3.63) is 60.7 Å². The SMILES string of the molecule is Cc1cccc(-c2[nH]cnc2-c2ccc3ncc(NC4CC(C(=O)OC5CCNCC5)C4)cc3c2)n1. The Morgan fingerprint density at radius 2 is 1.94 bits per heavy atom. The first-order chi connectivity index (χ1) is 17.6. The molecule has 2 aliphatic rings. The highest BCUT2D eigenvalue weighted by atomic mass is 16.5. The van der Waals surface area contributed by atoms with Crippen molar-refractivity contribution in [2.24, 2.45) is 5.92 Å². The Labute approximate surface area is 209 Å². The highest BCUT2D eigenvalue weighted by Crippen LogP contribution is 2.34. The fourth-order valence-corrected chi connectivity index (χ4v) is 5.09. The number of hydrogen-bond donors (Lipinski definition) is 3. The topological polar surface area (TPSA) is 105 Å². The number of H-pyrrole nitrogens is 1. The van der Waals surface area contributed by atoms with E-state index >= 15 is 0 Å². The number of pyridine rings is 2. The summed E-state index contributed by atoms with van der Waals surface area (Å²) in [4.78, 5) is 29.6. The van der Waals surface area contributed by atoms with Crippen LogP contribution >= 0.6 is 0 Å². The number of piperidine rings is 1. The highest BCUT2D eigenvalue weighted by molar-refractivity contribution is 5.88. The summed E-state index contributed by atoms with van der Waals surface area (Å²) < 4.78 is 5.72. The number of rotatable bonds is 6. The Bertz CT molecular complexity index is 1390. The number of esters is 1. The van der Waals surface area contributed by atoms with Crippen molar-refractivity contribution in [1.82, 2.24) is 25.3 Å². The van der Waals surface area contributed by atoms with Crippen molar-refractivity contribution >= 4 is 22.6 Å². The van der Waals surface area contributed by atoms with Crippen LogP contribution in [0.4, 0.5) is 5.69 Å². The zero-order valence-corrected chi connectivity index (χ0v) is 20.3. The van der Waals surface area contributed by atoms with E-state index in [0.29, 0.717) is 0 Å². The second-order valence-electron chi connectivity index (χ2n) is 9.82. The molecule has 1 aromatic carbocycles. The number of carbonyl (C=O) groups excluding carboxylic acids is 1. The number of anilines is 1. The molecule has 0 bridgehead atoms. The van der Waals surface area contributed by atoms with E-state index in [1.165, 1.54) is 0 Å². The van der Waals surface area contributed by atoms with E-state index in [0.717, 1.165) is 83.7 Å². The number of nitrogens with zero attached hydrogens (tertiary/aromatic N) is 3. The zero-order valence-electron chi connectivity index (χ0n) is 20.3. The lowest BCUT2D eigenvalue weighted by atomic mass is 9.80. The Kier molecular flexibility index (Phi) is 6.11. The van der Waals surface area contributed by atoms with Crippen LogP contribution in [-0.2, 0) is 9.53 Å². The smallest absolute Gasteiger partial charge is 0.309 e. The number of aromatic amines is 1. The number of carbonyl (C=O) groups is 1. The number of aryl methyl sites for hydroxylation is 1. The van der Waals surface area contributed by atoms with Gasteiger partial charge in [0.2, 0.25) is 0 Å². The van der Waals surface area contributed by atoms with Crippen molar-refractivity contribution in [3.63, 3.8) is 0 Å². The van der Waals surface area contributed by atoms with Crippen LogP contribution in [0.15, 0.2) is 55.0 Å². The Hall–Kier alpha value is -3.78. The number of aromatic nitrogens is 4. The van der Waals surface area contributed by atoms with E-state index in [1.54, 1.807) is 6.33 Å². The summed E-state index contributed by atoms with van der Waals surface area (Å²) in [5.74, 6) is -0.0511. The number of nitrogens with one attached hydrogen (secondary N) is 3. The first kappa shape index (κ1) is 22.7. The number of hydrogen-bond acceptors (Lipinski definition) is 7. The van der Waals surface area contributed by atoms with Crippen LogP contribution in [0, 0.1) is 12.8 Å². The lowest BCUT2D eigenvalue weighted by Gasteiger charge is -2.36. The molecule has 4 aromatic rings. The van der Waals surface area contributed by atoms with Crippen molar-refractivity contribution in [2.75, 3.05) is 18.4 Å². The highest BCUT2D eigenvalue weighted by Gasteiger charge is 2.36. The molecule has 0 amide bonds. The van der Waals surface area contributed by atoms with Gasteiger partial charge in [0.25, 0.3) is 0 Å². The van der Waals surface area contributed by atoms with Gasteiger partial charge in [-0.05, 0) is 76.0 Å². The number of ether oxygens (including phenoxy) is 1. The molecule has 36 heavy (non-hydrogen) atoms. The Morgan fingerprint density at radius 1 is 1.08 bits per heavy atom. The molecular weight excluding hydrogens is 452 g/mol. The second kappa shape index (κ2) is 9.70. The summed E-state index contributed by atoms with van der Waals surface area (Å²) in [7, 11) is 0. The van der Waals surface area contributed by atoms with Crippen molar-refractivity contribution in [1.29, 1.82) is 0 Å². The maximum atomic E-state index is 12.5. The van der Waals surface area contributed by atoms with Crippen LogP contribution in [0.25, 0.3) is 33.5 Å². The molecule has 3 aromatic heterocycles. The van der Waals surface area contributed by atoms with E-state index in [1.807, 2.05) is 43.5 Å². The summed E-state index contributed by atoms with van der Waals surface area (Å²) in [5.41, 5.74) is 6.48. The van der Waals surface area contributed by atoms with Gasteiger partial charge in [0.05, 0.1) is 46.7 Å². The Balaban J connectivity index is 1.14. The molecule has 184 valence electrons. The second-order valence-corrected chi connectivity index (χ2v) is 9.82. The largest absolute Gasteiger partial charge is 0.462 e. The molecule has 1 saturated carbocycles. The fourth-order valence-electron chi connectivity index (χ4n) is 5.09. The minimum absolute atomic E-state index is 0.00859. The monoisotopic (exact) mass is 482 g/mol. The molecule has 8 heteroatoms. The Morgan fingerprint density at radius 3 is 2.78 bits per heavy atom. The third-order valence-electron chi connectivity index (χ3n) is 7.15. The molecule has 0 unspecified atom stereocenters. The molecule has 1 aliphatic heterocycles. The van der Waals surface area contributed by atoms with Crippen LogP contribution in [0.3, 0.4) is 0 Å². The quantitative estimate of drug-likeness (QED) is 0.348. The molecule has 0 spiro atoms. The van der Waals surface area contributed by atoms with Crippen molar-refractivity contribution in [3.8, 4) is 22.6 Å². The van der Waals surface area contributed by atoms with Gasteiger partial charge in [-0.2, -0.15) is 0 Å². The summed E-state index contributed by atoms with van der Waals surface area (Å²) in [5, 5.41) is 7.88. The molecule has 1 aliphatic carbocycles. The van der Waals surface area contributed by atoms with Crippen LogP contribution in [0.1, 0.15) is 31.4 Å². The van der Waals surface area contributed by atoms with Crippen molar-refractivity contribution < 1.29 is 9.53 Å². The molecule has 6 rings (SSSR count). The minimum Gasteiger partial charge on any atom is -0.462 e. The molecule has 3 N–H and O–H groups in total. The van der Waals surface area contributed by atoms with Gasteiger partial charge in [0, 0.05) is 22.7 Å². The number of fused-ring (bicyclic) bond motifs is 1. The average Bonchev–Trinajstić information content (AvgIpc) is 3.36. The van der Waals surface area contributed by atoms with Crippen LogP contribution in [0.5, 0.6) is 0 Å². The van der Waals surface area contributed by atoms with Crippen LogP contribution in [-0.4, -0.2) is 51.1 Å². The van der Waals surface area contributed by atoms with E-state index in [4.69, 9.17) is 4.74 Å². The molecule has 0 atom stereocenters. The standard InChI is InChI=1S/C28H30N6O2/c1-17-3-2-4-25(33-17)27-26(31-16-32-27)18-5-6-24-19(11-18)12-22(15-30-24)34-21-13-20(14-21)28(35)36-23-7-9-29-10-8-23/h2-6,11-12,15-16,20-21,23,29,34H,7-10,13-14H2,1H3,(H,31,32). The first-order valence-electron chi connectivity index (χ1n) is 12.7. The predicted octanol–water partition coefficient (Wildman–Crippen LogP) is 4.48. The molecule has 1 saturated heterocycles. The lowest BCUT2D eigenvalue weighted by molar-refractivity contribution is -0.158. The lowest BCUT2D eigenvalue weighted by Crippen LogP contribution is -2.42. The van der Waals surface area contributed by atoms with E-state index < -0.39 is 0 Å². The van der Waals surface area contributed by atoms with Gasteiger partial charge in [-0.3, -0.25) is 14.8 Å². The zero-order chi connectivity index (χ0) is 24.5. The molecule has 8 nitrogen and oxygen atoms in total. The predicted molar refractivity (Wildman–Crippen MR) is 139 cm³/mol. The molecular formula is C28H30N6O2. The van der Waals surface area contributed by atoms with Crippen LogP contribution in [0.2, 0.25) is 0 Å². The van der Waals surface area contributed by atoms with Gasteiger partial charge in [-0.15, -0.1) is 0 Å². The maximum Gasteiger partial charge on any atom is 0.309 e. The van der Waals surface area contributed by atoms with Gasteiger partial charge in [0.15, 0.2) is 0 Å². The number of imidazole rings is 1. The molecule has 0 radical (unpaired) electrons. The minimum atomic E-state index is -0.0425. The molecule has 4 heterocycles. The van der Waals surface area contributed by atoms with Crippen LogP contribution < -0.4 is 10.6 Å². The molecule has 2 fully saturated rings. The normalized spacial score (nSPS) is 20.1. The summed E-state index contributed by atoms with van der Waals surface area (Å²) >= 11 is 0. The third-order valence-corrected chi connectivity index (χ3v) is 7.15. The van der Waals surface area contributed by atoms with E-state index in [2.05, 4.69) is 42.7 Å².